The van der Waals surface area contributed by atoms with Gasteiger partial charge in [0.05, 0.1) is 0 Å². The molecule has 0 radical (unpaired) electrons. The van der Waals surface area contributed by atoms with Crippen LogP contribution in [0.4, 0.5) is 4.39 Å². The Morgan fingerprint density at radius 3 is 2.86 bits per heavy atom. The molecule has 1 aromatic rings. The van der Waals surface area contributed by atoms with E-state index in [4.69, 9.17) is 0 Å². The Hall–Kier alpha value is -1.48. The minimum atomic E-state index is -0.158. The van der Waals surface area contributed by atoms with Crippen LogP contribution in [-0.4, -0.2) is 11.8 Å². The zero-order valence-corrected chi connectivity index (χ0v) is 13.4. The van der Waals surface area contributed by atoms with Crippen LogP contribution in [0.3, 0.4) is 0 Å². The SMILES string of the molecule is Fc1ccc2c(c1)C1=C(NC3CCCCC3)CSC1=CC=C2. The Morgan fingerprint density at radius 2 is 2.00 bits per heavy atom. The van der Waals surface area contributed by atoms with Crippen molar-refractivity contribution in [1.82, 2.24) is 5.32 Å². The number of nitrogens with one attached hydrogen (secondary N) is 1. The standard InChI is InChI=1S/C19H20FNS/c20-14-10-9-13-5-4-8-18-19(16(13)11-14)17(12-22-18)21-15-6-2-1-3-7-15/h4-5,8-11,15,21H,1-3,6-7,12H2. The average Bonchev–Trinajstić information content (AvgIpc) is 2.83. The second-order valence-electron chi connectivity index (χ2n) is 6.24. The lowest BCUT2D eigenvalue weighted by atomic mass is 9.94. The maximum absolute atomic E-state index is 13.8. The molecule has 3 aliphatic rings. The van der Waals surface area contributed by atoms with Gasteiger partial charge < -0.3 is 5.32 Å². The molecule has 0 bridgehead atoms. The number of thioether (sulfide) groups is 1. The maximum Gasteiger partial charge on any atom is 0.123 e. The lowest BCUT2D eigenvalue weighted by Gasteiger charge is -2.25. The van der Waals surface area contributed by atoms with E-state index in [0.29, 0.717) is 6.04 Å². The molecule has 2 aliphatic carbocycles. The van der Waals surface area contributed by atoms with Crippen LogP contribution in [0.25, 0.3) is 11.6 Å². The van der Waals surface area contributed by atoms with Crippen molar-refractivity contribution in [1.29, 1.82) is 0 Å². The molecular weight excluding hydrogens is 293 g/mol. The Kier molecular flexibility index (Phi) is 3.83. The molecule has 0 atom stereocenters. The summed E-state index contributed by atoms with van der Waals surface area (Å²) >= 11 is 1.86. The van der Waals surface area contributed by atoms with Crippen LogP contribution in [0.15, 0.2) is 41.0 Å². The number of fused-ring (bicyclic) bond motifs is 3. The summed E-state index contributed by atoms with van der Waals surface area (Å²) in [7, 11) is 0. The summed E-state index contributed by atoms with van der Waals surface area (Å²) in [5, 5.41) is 3.77. The van der Waals surface area contributed by atoms with Crippen LogP contribution in [0.2, 0.25) is 0 Å². The molecule has 114 valence electrons. The third-order valence-electron chi connectivity index (χ3n) is 4.71. The second kappa shape index (κ2) is 5.96. The first-order chi connectivity index (χ1) is 10.8. The maximum atomic E-state index is 13.8. The van der Waals surface area contributed by atoms with Crippen LogP contribution in [-0.2, 0) is 0 Å². The fraction of sp³-hybridized carbons (Fsp3) is 0.368. The first-order valence-corrected chi connectivity index (χ1v) is 9.11. The van der Waals surface area contributed by atoms with Crippen molar-refractivity contribution in [2.75, 3.05) is 5.75 Å². The molecule has 0 unspecified atom stereocenters. The van der Waals surface area contributed by atoms with Crippen molar-refractivity contribution in [3.8, 4) is 0 Å². The topological polar surface area (TPSA) is 12.0 Å². The third-order valence-corrected chi connectivity index (χ3v) is 5.80. The summed E-state index contributed by atoms with van der Waals surface area (Å²) in [4.78, 5) is 1.26. The number of hydrogen-bond donors (Lipinski definition) is 1. The molecule has 0 spiro atoms. The third kappa shape index (κ3) is 2.63. The first-order valence-electron chi connectivity index (χ1n) is 8.12. The Labute approximate surface area is 135 Å². The lowest BCUT2D eigenvalue weighted by molar-refractivity contribution is 0.398. The fourth-order valence-electron chi connectivity index (χ4n) is 3.61. The largest absolute Gasteiger partial charge is 0.384 e. The normalized spacial score (nSPS) is 21.2. The van der Waals surface area contributed by atoms with Gasteiger partial charge in [0.2, 0.25) is 0 Å². The molecule has 0 aromatic heterocycles. The van der Waals surface area contributed by atoms with E-state index in [2.05, 4.69) is 23.5 Å². The van der Waals surface area contributed by atoms with Crippen molar-refractivity contribution < 1.29 is 4.39 Å². The molecule has 0 saturated heterocycles. The quantitative estimate of drug-likeness (QED) is 0.813. The second-order valence-corrected chi connectivity index (χ2v) is 7.26. The van der Waals surface area contributed by atoms with Gasteiger partial charge in [-0.15, -0.1) is 11.8 Å². The van der Waals surface area contributed by atoms with Crippen molar-refractivity contribution in [3.05, 3.63) is 57.9 Å². The predicted octanol–water partition coefficient (Wildman–Crippen LogP) is 5.12. The van der Waals surface area contributed by atoms with Crippen LogP contribution in [0.1, 0.15) is 43.2 Å². The highest BCUT2D eigenvalue weighted by Crippen LogP contribution is 2.44. The first kappa shape index (κ1) is 14.1. The summed E-state index contributed by atoms with van der Waals surface area (Å²) in [6.07, 6.45) is 12.8. The minimum absolute atomic E-state index is 0.158. The van der Waals surface area contributed by atoms with Crippen molar-refractivity contribution in [2.45, 2.75) is 38.1 Å². The van der Waals surface area contributed by atoms with Crippen molar-refractivity contribution in [2.24, 2.45) is 0 Å². The zero-order valence-electron chi connectivity index (χ0n) is 12.6. The molecule has 1 N–H and O–H groups in total. The molecular formula is C19H20FNS. The van der Waals surface area contributed by atoms with Gasteiger partial charge in [-0.2, -0.15) is 0 Å². The van der Waals surface area contributed by atoms with Gasteiger partial charge in [-0.05, 0) is 42.2 Å². The van der Waals surface area contributed by atoms with E-state index in [1.54, 1.807) is 12.1 Å². The molecule has 1 heterocycles. The summed E-state index contributed by atoms with van der Waals surface area (Å²) in [6, 6.07) is 5.70. The number of benzene rings is 1. The number of rotatable bonds is 2. The predicted molar refractivity (Wildman–Crippen MR) is 92.9 cm³/mol. The highest BCUT2D eigenvalue weighted by Gasteiger charge is 2.26. The summed E-state index contributed by atoms with van der Waals surface area (Å²) < 4.78 is 13.8. The lowest BCUT2D eigenvalue weighted by Crippen LogP contribution is -2.31. The van der Waals surface area contributed by atoms with E-state index >= 15 is 0 Å². The molecule has 3 heteroatoms. The van der Waals surface area contributed by atoms with E-state index < -0.39 is 0 Å². The molecule has 0 amide bonds. The van der Waals surface area contributed by atoms with Crippen molar-refractivity contribution >= 4 is 23.4 Å². The molecule has 4 rings (SSSR count). The van der Waals surface area contributed by atoms with E-state index in [1.807, 2.05) is 17.8 Å². The number of hydrogen-bond acceptors (Lipinski definition) is 2. The van der Waals surface area contributed by atoms with Gasteiger partial charge in [0.15, 0.2) is 0 Å². The molecule has 1 aliphatic heterocycles. The fourth-order valence-corrected chi connectivity index (χ4v) is 4.69. The van der Waals surface area contributed by atoms with E-state index in [9.17, 15) is 4.39 Å². The molecule has 1 saturated carbocycles. The molecule has 1 nitrogen and oxygen atoms in total. The molecule has 22 heavy (non-hydrogen) atoms. The van der Waals surface area contributed by atoms with Crippen LogP contribution >= 0.6 is 11.8 Å². The Morgan fingerprint density at radius 1 is 1.14 bits per heavy atom. The molecule has 1 fully saturated rings. The van der Waals surface area contributed by atoms with Gasteiger partial charge in [-0.1, -0.05) is 37.5 Å². The average molecular weight is 313 g/mol. The van der Waals surface area contributed by atoms with Crippen molar-refractivity contribution in [3.63, 3.8) is 0 Å². The van der Waals surface area contributed by atoms with Gasteiger partial charge in [-0.25, -0.2) is 4.39 Å². The molecule has 1 aromatic carbocycles. The summed E-state index contributed by atoms with van der Waals surface area (Å²) in [6.45, 7) is 0. The number of allylic oxidation sites excluding steroid dienone is 3. The highest BCUT2D eigenvalue weighted by molar-refractivity contribution is 8.04. The van der Waals surface area contributed by atoms with Crippen LogP contribution < -0.4 is 5.32 Å². The van der Waals surface area contributed by atoms with Gasteiger partial charge in [0.25, 0.3) is 0 Å². The van der Waals surface area contributed by atoms with Gasteiger partial charge in [0.1, 0.15) is 5.82 Å². The smallest absolute Gasteiger partial charge is 0.123 e. The van der Waals surface area contributed by atoms with E-state index in [1.165, 1.54) is 48.3 Å². The highest BCUT2D eigenvalue weighted by atomic mass is 32.2. The van der Waals surface area contributed by atoms with E-state index in [0.717, 1.165) is 16.9 Å². The zero-order chi connectivity index (χ0) is 14.9. The number of halogens is 1. The van der Waals surface area contributed by atoms with Gasteiger partial charge in [-0.3, -0.25) is 0 Å². The summed E-state index contributed by atoms with van der Waals surface area (Å²) in [5.74, 6) is 0.816. The summed E-state index contributed by atoms with van der Waals surface area (Å²) in [5.41, 5.74) is 4.64. The monoisotopic (exact) mass is 313 g/mol. The Bertz CT molecular complexity index is 681. The Balaban J connectivity index is 1.74. The van der Waals surface area contributed by atoms with E-state index in [-0.39, 0.29) is 5.82 Å². The van der Waals surface area contributed by atoms with Crippen LogP contribution in [0.5, 0.6) is 0 Å². The van der Waals surface area contributed by atoms with Gasteiger partial charge >= 0.3 is 0 Å². The van der Waals surface area contributed by atoms with Crippen LogP contribution in [0, 0.1) is 5.82 Å². The van der Waals surface area contributed by atoms with Gasteiger partial charge in [0, 0.05) is 28.0 Å². The minimum Gasteiger partial charge on any atom is -0.384 e.